The second-order valence-corrected chi connectivity index (χ2v) is 8.07. The number of pyridine rings is 1. The van der Waals surface area contributed by atoms with Gasteiger partial charge in [0.15, 0.2) is 0 Å². The quantitative estimate of drug-likeness (QED) is 0.473. The molecule has 1 aliphatic rings. The molecule has 2 N–H and O–H groups in total. The van der Waals surface area contributed by atoms with E-state index in [1.54, 1.807) is 0 Å². The predicted octanol–water partition coefficient (Wildman–Crippen LogP) is 5.75. The summed E-state index contributed by atoms with van der Waals surface area (Å²) in [6.07, 6.45) is 5.77. The van der Waals surface area contributed by atoms with Crippen LogP contribution in [0.1, 0.15) is 48.2 Å². The highest BCUT2D eigenvalue weighted by molar-refractivity contribution is 6.13. The van der Waals surface area contributed by atoms with E-state index in [2.05, 4.69) is 41.5 Å². The molecule has 2 aromatic carbocycles. The Morgan fingerprint density at radius 1 is 1.00 bits per heavy atom. The average molecular weight is 383 g/mol. The van der Waals surface area contributed by atoms with E-state index in [0.717, 1.165) is 51.5 Å². The minimum atomic E-state index is -0.0704. The number of amides is 1. The maximum Gasteiger partial charge on any atom is 0.270 e. The fourth-order valence-corrected chi connectivity index (χ4v) is 4.50. The molecule has 2 aromatic heterocycles. The van der Waals surface area contributed by atoms with Crippen LogP contribution in [-0.4, -0.2) is 21.9 Å². The summed E-state index contributed by atoms with van der Waals surface area (Å²) in [7, 11) is 0. The van der Waals surface area contributed by atoms with Crippen molar-refractivity contribution in [3.63, 3.8) is 0 Å². The van der Waals surface area contributed by atoms with Gasteiger partial charge in [0.2, 0.25) is 0 Å². The summed E-state index contributed by atoms with van der Waals surface area (Å²) < 4.78 is 0. The van der Waals surface area contributed by atoms with Crippen molar-refractivity contribution in [3.8, 4) is 11.3 Å². The fraction of sp³-hybridized carbons (Fsp3) is 0.280. The lowest BCUT2D eigenvalue weighted by Gasteiger charge is -2.22. The summed E-state index contributed by atoms with van der Waals surface area (Å²) in [5, 5.41) is 5.38. The molecule has 0 unspecified atom stereocenters. The molecule has 0 aliphatic heterocycles. The summed E-state index contributed by atoms with van der Waals surface area (Å²) in [5.74, 6) is -0.0704. The number of hydrogen-bond donors (Lipinski definition) is 2. The van der Waals surface area contributed by atoms with Crippen LogP contribution in [-0.2, 0) is 0 Å². The van der Waals surface area contributed by atoms with Gasteiger partial charge in [0.1, 0.15) is 5.69 Å². The first-order valence-corrected chi connectivity index (χ1v) is 10.5. The standard InChI is InChI=1S/C25H25N3O/c1-16-9-5-6-12-18(16)23-24-20(19-13-7-8-14-21(19)27-24)15-22(28-23)25(29)26-17-10-3-2-4-11-17/h5-9,12-15,17,27H,2-4,10-11H2,1H3,(H,26,29). The van der Waals surface area contributed by atoms with Crippen LogP contribution in [0.25, 0.3) is 33.1 Å². The number of fused-ring (bicyclic) bond motifs is 3. The van der Waals surface area contributed by atoms with Crippen LogP contribution in [0.3, 0.4) is 0 Å². The zero-order valence-corrected chi connectivity index (χ0v) is 16.7. The van der Waals surface area contributed by atoms with Crippen LogP contribution in [0, 0.1) is 6.92 Å². The van der Waals surface area contributed by atoms with Gasteiger partial charge in [-0.3, -0.25) is 4.79 Å². The number of benzene rings is 2. The lowest BCUT2D eigenvalue weighted by atomic mass is 9.95. The van der Waals surface area contributed by atoms with E-state index in [1.807, 2.05) is 30.3 Å². The third kappa shape index (κ3) is 3.29. The van der Waals surface area contributed by atoms with Crippen molar-refractivity contribution in [1.82, 2.24) is 15.3 Å². The number of carbonyl (C=O) groups excluding carboxylic acids is 1. The smallest absolute Gasteiger partial charge is 0.270 e. The number of para-hydroxylation sites is 1. The predicted molar refractivity (Wildman–Crippen MR) is 118 cm³/mol. The molecule has 146 valence electrons. The Kier molecular flexibility index (Phi) is 4.55. The largest absolute Gasteiger partial charge is 0.353 e. The van der Waals surface area contributed by atoms with E-state index in [4.69, 9.17) is 4.98 Å². The van der Waals surface area contributed by atoms with Gasteiger partial charge >= 0.3 is 0 Å². The zero-order chi connectivity index (χ0) is 19.8. The molecule has 4 heteroatoms. The van der Waals surface area contributed by atoms with Crippen LogP contribution in [0.2, 0.25) is 0 Å². The molecule has 1 saturated carbocycles. The zero-order valence-electron chi connectivity index (χ0n) is 16.7. The molecule has 0 atom stereocenters. The fourth-order valence-electron chi connectivity index (χ4n) is 4.50. The van der Waals surface area contributed by atoms with Crippen LogP contribution >= 0.6 is 0 Å². The van der Waals surface area contributed by atoms with E-state index < -0.39 is 0 Å². The highest BCUT2D eigenvalue weighted by Crippen LogP contribution is 2.34. The maximum absolute atomic E-state index is 13.1. The molecule has 4 nitrogen and oxygen atoms in total. The van der Waals surface area contributed by atoms with Crippen molar-refractivity contribution in [2.75, 3.05) is 0 Å². The van der Waals surface area contributed by atoms with Crippen molar-refractivity contribution < 1.29 is 4.79 Å². The molecule has 0 radical (unpaired) electrons. The molecule has 0 bridgehead atoms. The first-order valence-electron chi connectivity index (χ1n) is 10.5. The second-order valence-electron chi connectivity index (χ2n) is 8.07. The van der Waals surface area contributed by atoms with Crippen molar-refractivity contribution in [2.45, 2.75) is 45.1 Å². The van der Waals surface area contributed by atoms with Gasteiger partial charge in [0.05, 0.1) is 11.2 Å². The third-order valence-electron chi connectivity index (χ3n) is 6.07. The molecule has 2 heterocycles. The van der Waals surface area contributed by atoms with Crippen LogP contribution in [0.15, 0.2) is 54.6 Å². The number of aromatic nitrogens is 2. The number of aromatic amines is 1. The SMILES string of the molecule is Cc1ccccc1-c1nc(C(=O)NC2CCCCC2)cc2c1[nH]c1ccccc12. The maximum atomic E-state index is 13.1. The van der Waals surface area contributed by atoms with Gasteiger partial charge in [0, 0.05) is 27.9 Å². The van der Waals surface area contributed by atoms with E-state index >= 15 is 0 Å². The van der Waals surface area contributed by atoms with Gasteiger partial charge in [-0.2, -0.15) is 0 Å². The first kappa shape index (κ1) is 17.9. The van der Waals surface area contributed by atoms with Gasteiger partial charge in [-0.15, -0.1) is 0 Å². The second kappa shape index (κ2) is 7.36. The molecule has 4 aromatic rings. The van der Waals surface area contributed by atoms with Crippen LogP contribution < -0.4 is 5.32 Å². The van der Waals surface area contributed by atoms with E-state index in [1.165, 1.54) is 19.3 Å². The highest BCUT2D eigenvalue weighted by atomic mass is 16.1. The Morgan fingerprint density at radius 2 is 1.76 bits per heavy atom. The lowest BCUT2D eigenvalue weighted by Crippen LogP contribution is -2.36. The molecule has 0 saturated heterocycles. The van der Waals surface area contributed by atoms with E-state index in [9.17, 15) is 4.79 Å². The normalized spacial score (nSPS) is 15.1. The number of aryl methyl sites for hydroxylation is 1. The van der Waals surface area contributed by atoms with Crippen molar-refractivity contribution in [3.05, 3.63) is 65.9 Å². The summed E-state index contributed by atoms with van der Waals surface area (Å²) in [6.45, 7) is 2.08. The van der Waals surface area contributed by atoms with Gasteiger partial charge in [-0.05, 0) is 37.5 Å². The van der Waals surface area contributed by atoms with Crippen molar-refractivity contribution in [1.29, 1.82) is 0 Å². The highest BCUT2D eigenvalue weighted by Gasteiger charge is 2.21. The van der Waals surface area contributed by atoms with Gasteiger partial charge < -0.3 is 10.3 Å². The lowest BCUT2D eigenvalue weighted by molar-refractivity contribution is 0.0923. The van der Waals surface area contributed by atoms with Gasteiger partial charge in [-0.1, -0.05) is 61.7 Å². The number of nitrogens with one attached hydrogen (secondary N) is 2. The van der Waals surface area contributed by atoms with Crippen molar-refractivity contribution >= 4 is 27.7 Å². The Hall–Kier alpha value is -3.14. The van der Waals surface area contributed by atoms with Gasteiger partial charge in [0.25, 0.3) is 5.91 Å². The van der Waals surface area contributed by atoms with E-state index in [0.29, 0.717) is 5.69 Å². The summed E-state index contributed by atoms with van der Waals surface area (Å²) in [4.78, 5) is 21.5. The van der Waals surface area contributed by atoms with E-state index in [-0.39, 0.29) is 11.9 Å². The number of nitrogens with zero attached hydrogens (tertiary/aromatic N) is 1. The number of carbonyl (C=O) groups is 1. The molecular formula is C25H25N3O. The molecule has 0 spiro atoms. The molecular weight excluding hydrogens is 358 g/mol. The van der Waals surface area contributed by atoms with Crippen LogP contribution in [0.4, 0.5) is 0 Å². The Balaban J connectivity index is 1.67. The Morgan fingerprint density at radius 3 is 2.59 bits per heavy atom. The summed E-state index contributed by atoms with van der Waals surface area (Å²) >= 11 is 0. The average Bonchev–Trinajstić information content (AvgIpc) is 3.13. The molecule has 1 fully saturated rings. The Bertz CT molecular complexity index is 1200. The minimum Gasteiger partial charge on any atom is -0.353 e. The summed E-state index contributed by atoms with van der Waals surface area (Å²) in [5.41, 5.74) is 5.57. The molecule has 1 amide bonds. The number of rotatable bonds is 3. The minimum absolute atomic E-state index is 0.0704. The monoisotopic (exact) mass is 383 g/mol. The number of H-pyrrole nitrogens is 1. The molecule has 29 heavy (non-hydrogen) atoms. The topological polar surface area (TPSA) is 57.8 Å². The number of hydrogen-bond acceptors (Lipinski definition) is 2. The molecule has 1 aliphatic carbocycles. The molecule has 5 rings (SSSR count). The third-order valence-corrected chi connectivity index (χ3v) is 6.07. The summed E-state index contributed by atoms with van der Waals surface area (Å²) in [6, 6.07) is 18.6. The van der Waals surface area contributed by atoms with Crippen molar-refractivity contribution in [2.24, 2.45) is 0 Å². The van der Waals surface area contributed by atoms with Gasteiger partial charge in [-0.25, -0.2) is 4.98 Å². The first-order chi connectivity index (χ1) is 14.2. The van der Waals surface area contributed by atoms with Crippen LogP contribution in [0.5, 0.6) is 0 Å². The Labute approximate surface area is 170 Å².